The number of phenols is 1. The van der Waals surface area contributed by atoms with Crippen LogP contribution >= 0.6 is 55.1 Å². The summed E-state index contributed by atoms with van der Waals surface area (Å²) in [6.45, 7) is 0. The van der Waals surface area contributed by atoms with Gasteiger partial charge in [0.1, 0.15) is 5.75 Å². The number of anilines is 1. The van der Waals surface area contributed by atoms with E-state index in [0.29, 0.717) is 20.4 Å². The molecule has 2 N–H and O–H groups in total. The van der Waals surface area contributed by atoms with Crippen LogP contribution in [-0.4, -0.2) is 18.1 Å². The Balaban J connectivity index is 2.34. The summed E-state index contributed by atoms with van der Waals surface area (Å²) < 4.78 is 6.09. The predicted molar refractivity (Wildman–Crippen MR) is 94.5 cm³/mol. The van der Waals surface area contributed by atoms with Crippen LogP contribution in [0.4, 0.5) is 5.69 Å². The standard InChI is InChI=1S/C14H9Br2Cl2NO3/c1-22-13-10(17)4-7(5-11(13)18)19-14(21)8-2-6(15)3-9(16)12(8)20/h2-5,20H,1H3,(H,19,21). The molecule has 0 bridgehead atoms. The number of rotatable bonds is 3. The molecule has 0 radical (unpaired) electrons. The molecule has 0 unspecified atom stereocenters. The van der Waals surface area contributed by atoms with E-state index in [1.165, 1.54) is 25.3 Å². The van der Waals surface area contributed by atoms with E-state index in [4.69, 9.17) is 27.9 Å². The van der Waals surface area contributed by atoms with Gasteiger partial charge in [-0.05, 0) is 40.2 Å². The molecule has 22 heavy (non-hydrogen) atoms. The van der Waals surface area contributed by atoms with E-state index in [9.17, 15) is 9.90 Å². The number of carbonyl (C=O) groups is 1. The number of hydrogen-bond acceptors (Lipinski definition) is 3. The highest BCUT2D eigenvalue weighted by molar-refractivity contribution is 9.11. The molecule has 0 aliphatic carbocycles. The van der Waals surface area contributed by atoms with Gasteiger partial charge in [0.15, 0.2) is 5.75 Å². The van der Waals surface area contributed by atoms with Crippen LogP contribution in [0, 0.1) is 0 Å². The van der Waals surface area contributed by atoms with Crippen LogP contribution in [0.5, 0.6) is 11.5 Å². The first-order valence-corrected chi connectivity index (χ1v) is 8.20. The number of ether oxygens (including phenoxy) is 1. The van der Waals surface area contributed by atoms with Crippen LogP contribution in [-0.2, 0) is 0 Å². The second kappa shape index (κ2) is 7.08. The Morgan fingerprint density at radius 1 is 1.18 bits per heavy atom. The molecule has 0 atom stereocenters. The highest BCUT2D eigenvalue weighted by atomic mass is 79.9. The van der Waals surface area contributed by atoms with Crippen molar-refractivity contribution in [2.24, 2.45) is 0 Å². The van der Waals surface area contributed by atoms with E-state index in [1.807, 2.05) is 0 Å². The number of hydrogen-bond donors (Lipinski definition) is 2. The lowest BCUT2D eigenvalue weighted by molar-refractivity contribution is 0.102. The zero-order valence-corrected chi connectivity index (χ0v) is 15.8. The molecule has 8 heteroatoms. The summed E-state index contributed by atoms with van der Waals surface area (Å²) in [5.74, 6) is -0.336. The van der Waals surface area contributed by atoms with Crippen LogP contribution in [0.2, 0.25) is 10.0 Å². The number of aromatic hydroxyl groups is 1. The van der Waals surface area contributed by atoms with Gasteiger partial charge in [0.25, 0.3) is 5.91 Å². The van der Waals surface area contributed by atoms with E-state index in [2.05, 4.69) is 37.2 Å². The third-order valence-corrected chi connectivity index (χ3v) is 4.36. The van der Waals surface area contributed by atoms with Crippen molar-refractivity contribution in [2.45, 2.75) is 0 Å². The molecule has 0 saturated heterocycles. The average molecular weight is 470 g/mol. The quantitative estimate of drug-likeness (QED) is 0.625. The second-order valence-corrected chi connectivity index (χ2v) is 6.80. The zero-order chi connectivity index (χ0) is 16.4. The lowest BCUT2D eigenvalue weighted by Gasteiger charge is -2.11. The number of phenolic OH excluding ortho intramolecular Hbond substituents is 1. The van der Waals surface area contributed by atoms with Crippen molar-refractivity contribution in [1.82, 2.24) is 0 Å². The molecule has 2 aromatic rings. The van der Waals surface area contributed by atoms with Crippen molar-refractivity contribution in [3.8, 4) is 11.5 Å². The minimum atomic E-state index is -0.503. The molecule has 2 rings (SSSR count). The van der Waals surface area contributed by atoms with Crippen LogP contribution in [0.15, 0.2) is 33.2 Å². The van der Waals surface area contributed by atoms with Gasteiger partial charge >= 0.3 is 0 Å². The third kappa shape index (κ3) is 3.68. The molecule has 0 saturated carbocycles. The van der Waals surface area contributed by atoms with E-state index in [-0.39, 0.29) is 21.4 Å². The van der Waals surface area contributed by atoms with Gasteiger partial charge in [-0.2, -0.15) is 0 Å². The first kappa shape index (κ1) is 17.4. The average Bonchev–Trinajstić information content (AvgIpc) is 2.42. The Hall–Kier alpha value is -0.950. The van der Waals surface area contributed by atoms with Crippen molar-refractivity contribution in [3.05, 3.63) is 48.8 Å². The summed E-state index contributed by atoms with van der Waals surface area (Å²) >= 11 is 18.5. The Morgan fingerprint density at radius 3 is 2.32 bits per heavy atom. The Morgan fingerprint density at radius 2 is 1.77 bits per heavy atom. The fourth-order valence-electron chi connectivity index (χ4n) is 1.76. The van der Waals surface area contributed by atoms with E-state index < -0.39 is 5.91 Å². The van der Waals surface area contributed by atoms with Gasteiger partial charge in [-0.1, -0.05) is 39.1 Å². The van der Waals surface area contributed by atoms with E-state index in [0.717, 1.165) is 0 Å². The summed E-state index contributed by atoms with van der Waals surface area (Å²) in [5.41, 5.74) is 0.487. The maximum absolute atomic E-state index is 12.3. The fourth-order valence-corrected chi connectivity index (χ4v) is 3.63. The fraction of sp³-hybridized carbons (Fsp3) is 0.0714. The van der Waals surface area contributed by atoms with E-state index >= 15 is 0 Å². The third-order valence-electron chi connectivity index (χ3n) is 2.73. The van der Waals surface area contributed by atoms with E-state index in [1.54, 1.807) is 6.07 Å². The number of halogens is 4. The Labute approximate surface area is 153 Å². The van der Waals surface area contributed by atoms with Crippen molar-refractivity contribution in [2.75, 3.05) is 12.4 Å². The number of carbonyl (C=O) groups excluding carboxylic acids is 1. The van der Waals surface area contributed by atoms with Crippen LogP contribution in [0.3, 0.4) is 0 Å². The van der Waals surface area contributed by atoms with Crippen molar-refractivity contribution < 1.29 is 14.6 Å². The number of nitrogens with one attached hydrogen (secondary N) is 1. The van der Waals surface area contributed by atoms with Crippen LogP contribution in [0.1, 0.15) is 10.4 Å². The number of benzene rings is 2. The van der Waals surface area contributed by atoms with Crippen molar-refractivity contribution in [1.29, 1.82) is 0 Å². The molecular formula is C14H9Br2Cl2NO3. The maximum atomic E-state index is 12.3. The summed E-state index contributed by atoms with van der Waals surface area (Å²) in [7, 11) is 1.45. The Kier molecular flexibility index (Phi) is 5.60. The minimum absolute atomic E-state index is 0.101. The molecule has 2 aromatic carbocycles. The maximum Gasteiger partial charge on any atom is 0.259 e. The topological polar surface area (TPSA) is 58.6 Å². The van der Waals surface area contributed by atoms with Crippen molar-refractivity contribution in [3.63, 3.8) is 0 Å². The molecule has 0 aromatic heterocycles. The van der Waals surface area contributed by atoms with Gasteiger partial charge in [-0.3, -0.25) is 4.79 Å². The van der Waals surface area contributed by atoms with Gasteiger partial charge in [0.2, 0.25) is 0 Å². The molecule has 0 aliphatic rings. The summed E-state index contributed by atoms with van der Waals surface area (Å²) in [6, 6.07) is 6.15. The van der Waals surface area contributed by atoms with Crippen molar-refractivity contribution >= 4 is 66.7 Å². The minimum Gasteiger partial charge on any atom is -0.506 e. The molecule has 0 fully saturated rings. The molecule has 4 nitrogen and oxygen atoms in total. The predicted octanol–water partition coefficient (Wildman–Crippen LogP) is 5.48. The normalized spacial score (nSPS) is 10.4. The molecule has 0 aliphatic heterocycles. The lowest BCUT2D eigenvalue weighted by Crippen LogP contribution is -2.12. The first-order valence-electron chi connectivity index (χ1n) is 5.86. The van der Waals surface area contributed by atoms with Crippen LogP contribution in [0.25, 0.3) is 0 Å². The molecule has 0 spiro atoms. The largest absolute Gasteiger partial charge is 0.506 e. The van der Waals surface area contributed by atoms with Gasteiger partial charge in [0, 0.05) is 10.2 Å². The SMILES string of the molecule is COc1c(Cl)cc(NC(=O)c2cc(Br)cc(Br)c2O)cc1Cl. The highest BCUT2D eigenvalue weighted by Gasteiger charge is 2.16. The second-order valence-electron chi connectivity index (χ2n) is 4.21. The molecule has 116 valence electrons. The summed E-state index contributed by atoms with van der Waals surface area (Å²) in [5, 5.41) is 13.1. The molecular weight excluding hydrogens is 461 g/mol. The number of methoxy groups -OCH3 is 1. The first-order chi connectivity index (χ1) is 10.3. The summed E-state index contributed by atoms with van der Waals surface area (Å²) in [6.07, 6.45) is 0. The monoisotopic (exact) mass is 467 g/mol. The highest BCUT2D eigenvalue weighted by Crippen LogP contribution is 2.36. The molecule has 0 heterocycles. The molecule has 1 amide bonds. The van der Waals surface area contributed by atoms with Gasteiger partial charge in [-0.25, -0.2) is 0 Å². The van der Waals surface area contributed by atoms with Gasteiger partial charge in [-0.15, -0.1) is 0 Å². The Bertz CT molecular complexity index is 730. The van der Waals surface area contributed by atoms with Gasteiger partial charge < -0.3 is 15.2 Å². The van der Waals surface area contributed by atoms with Gasteiger partial charge in [0.05, 0.1) is 27.2 Å². The lowest BCUT2D eigenvalue weighted by atomic mass is 10.2. The summed E-state index contributed by atoms with van der Waals surface area (Å²) in [4.78, 5) is 12.3. The zero-order valence-electron chi connectivity index (χ0n) is 11.1. The smallest absolute Gasteiger partial charge is 0.259 e. The number of amides is 1. The van der Waals surface area contributed by atoms with Crippen LogP contribution < -0.4 is 10.1 Å².